The quantitative estimate of drug-likeness (QED) is 0.211. The number of hydrogen-bond acceptors (Lipinski definition) is 4. The van der Waals surface area contributed by atoms with Crippen LogP contribution in [-0.4, -0.2) is 17.6 Å². The lowest BCUT2D eigenvalue weighted by Crippen LogP contribution is -2.12. The average Bonchev–Trinajstić information content (AvgIpc) is 2.88. The van der Waals surface area contributed by atoms with E-state index in [1.807, 2.05) is 67.6 Å². The van der Waals surface area contributed by atoms with Gasteiger partial charge in [0.25, 0.3) is 0 Å². The van der Waals surface area contributed by atoms with Crippen molar-refractivity contribution >= 4 is 12.0 Å². The number of halogens is 3. The SMILES string of the molecule is CC/C=C(/C=C(/C=O)Nc1cccc(C#N)c1)C(F)(F)F.Cc1cccc(C(O)c2ccccc2)c1. The second-order valence-electron chi connectivity index (χ2n) is 7.83. The van der Waals surface area contributed by atoms with Crippen molar-refractivity contribution in [1.29, 1.82) is 5.26 Å². The molecule has 3 aromatic rings. The lowest BCUT2D eigenvalue weighted by molar-refractivity contribution is -0.104. The van der Waals surface area contributed by atoms with Crippen LogP contribution >= 0.6 is 0 Å². The molecule has 3 rings (SSSR count). The van der Waals surface area contributed by atoms with Gasteiger partial charge in [-0.2, -0.15) is 18.4 Å². The van der Waals surface area contributed by atoms with Gasteiger partial charge in [0.1, 0.15) is 6.10 Å². The second-order valence-corrected chi connectivity index (χ2v) is 7.83. The zero-order chi connectivity index (χ0) is 26.6. The lowest BCUT2D eigenvalue weighted by Gasteiger charge is -2.11. The number of nitrogens with zero attached hydrogens (tertiary/aromatic N) is 1. The van der Waals surface area contributed by atoms with Gasteiger partial charge in [-0.3, -0.25) is 4.79 Å². The summed E-state index contributed by atoms with van der Waals surface area (Å²) in [5.74, 6) is 0. The number of rotatable bonds is 7. The Hall–Kier alpha value is -4.15. The summed E-state index contributed by atoms with van der Waals surface area (Å²) in [5.41, 5.74) is 2.63. The van der Waals surface area contributed by atoms with Gasteiger partial charge in [-0.25, -0.2) is 0 Å². The van der Waals surface area contributed by atoms with Crippen LogP contribution in [0.3, 0.4) is 0 Å². The first-order valence-corrected chi connectivity index (χ1v) is 11.2. The maximum Gasteiger partial charge on any atom is 0.416 e. The van der Waals surface area contributed by atoms with Gasteiger partial charge in [0.05, 0.1) is 22.9 Å². The fourth-order valence-corrected chi connectivity index (χ4v) is 3.24. The Morgan fingerprint density at radius 1 is 1.03 bits per heavy atom. The molecule has 1 atom stereocenters. The third-order valence-electron chi connectivity index (χ3n) is 4.94. The molecule has 0 aliphatic rings. The lowest BCUT2D eigenvalue weighted by atomic mass is 10.0. The van der Waals surface area contributed by atoms with Crippen LogP contribution in [-0.2, 0) is 4.79 Å². The Bertz CT molecular complexity index is 1240. The third-order valence-corrected chi connectivity index (χ3v) is 4.94. The molecule has 36 heavy (non-hydrogen) atoms. The molecule has 0 fully saturated rings. The molecule has 0 aliphatic heterocycles. The van der Waals surface area contributed by atoms with Crippen LogP contribution in [0.1, 0.15) is 41.7 Å². The summed E-state index contributed by atoms with van der Waals surface area (Å²) in [6.07, 6.45) is -2.81. The van der Waals surface area contributed by atoms with Crippen LogP contribution in [0.2, 0.25) is 0 Å². The van der Waals surface area contributed by atoms with Gasteiger partial charge in [-0.05, 0) is 48.7 Å². The molecule has 2 N–H and O–H groups in total. The highest BCUT2D eigenvalue weighted by molar-refractivity contribution is 5.80. The molecule has 186 valence electrons. The van der Waals surface area contributed by atoms with Crippen LogP contribution in [0.25, 0.3) is 0 Å². The number of anilines is 1. The number of carbonyl (C=O) groups is 1. The van der Waals surface area contributed by atoms with E-state index in [1.54, 1.807) is 25.1 Å². The average molecular weight is 493 g/mol. The Labute approximate surface area is 209 Å². The van der Waals surface area contributed by atoms with Crippen molar-refractivity contribution in [1.82, 2.24) is 0 Å². The summed E-state index contributed by atoms with van der Waals surface area (Å²) in [6, 6.07) is 25.7. The fourth-order valence-electron chi connectivity index (χ4n) is 3.24. The van der Waals surface area contributed by atoms with E-state index >= 15 is 0 Å². The molecule has 0 heterocycles. The van der Waals surface area contributed by atoms with Crippen molar-refractivity contribution in [3.05, 3.63) is 125 Å². The molecule has 3 aromatic carbocycles. The van der Waals surface area contributed by atoms with E-state index in [9.17, 15) is 23.1 Å². The van der Waals surface area contributed by atoms with Crippen LogP contribution < -0.4 is 5.32 Å². The van der Waals surface area contributed by atoms with Gasteiger partial charge in [-0.15, -0.1) is 0 Å². The van der Waals surface area contributed by atoms with Crippen LogP contribution in [0, 0.1) is 18.3 Å². The van der Waals surface area contributed by atoms with Gasteiger partial charge in [0.2, 0.25) is 0 Å². The summed E-state index contributed by atoms with van der Waals surface area (Å²) >= 11 is 0. The Balaban J connectivity index is 0.000000267. The highest BCUT2D eigenvalue weighted by Gasteiger charge is 2.31. The molecular formula is C29H27F3N2O2. The number of allylic oxidation sites excluding steroid dienone is 4. The first-order valence-electron chi connectivity index (χ1n) is 11.2. The van der Waals surface area contributed by atoms with Crippen LogP contribution in [0.5, 0.6) is 0 Å². The highest BCUT2D eigenvalue weighted by Crippen LogP contribution is 2.28. The maximum atomic E-state index is 12.8. The number of benzene rings is 3. The van der Waals surface area contributed by atoms with Gasteiger partial charge in [-0.1, -0.05) is 79.2 Å². The Morgan fingerprint density at radius 2 is 1.69 bits per heavy atom. The van der Waals surface area contributed by atoms with E-state index in [1.165, 1.54) is 11.6 Å². The van der Waals surface area contributed by atoms with Crippen LogP contribution in [0.15, 0.2) is 102 Å². The molecule has 4 nitrogen and oxygen atoms in total. The van der Waals surface area contributed by atoms with E-state index in [4.69, 9.17) is 5.26 Å². The number of hydrogen-bond donors (Lipinski definition) is 2. The van der Waals surface area contributed by atoms with Crippen molar-refractivity contribution in [3.8, 4) is 6.07 Å². The summed E-state index contributed by atoms with van der Waals surface area (Å²) < 4.78 is 38.3. The van der Waals surface area contributed by atoms with Crippen molar-refractivity contribution in [2.45, 2.75) is 32.5 Å². The van der Waals surface area contributed by atoms with E-state index in [2.05, 4.69) is 5.32 Å². The predicted octanol–water partition coefficient (Wildman–Crippen LogP) is 7.03. The van der Waals surface area contributed by atoms with E-state index in [0.29, 0.717) is 17.5 Å². The zero-order valence-electron chi connectivity index (χ0n) is 20.0. The molecule has 0 bridgehead atoms. The smallest absolute Gasteiger partial charge is 0.384 e. The molecule has 0 aliphatic carbocycles. The summed E-state index contributed by atoms with van der Waals surface area (Å²) in [5, 5.41) is 21.4. The topological polar surface area (TPSA) is 73.1 Å². The third kappa shape index (κ3) is 8.90. The van der Waals surface area contributed by atoms with Gasteiger partial charge in [0.15, 0.2) is 6.29 Å². The zero-order valence-corrected chi connectivity index (χ0v) is 20.0. The minimum absolute atomic E-state index is 0.196. The van der Waals surface area contributed by atoms with Crippen molar-refractivity contribution in [3.63, 3.8) is 0 Å². The molecule has 0 aromatic heterocycles. The standard InChI is InChI=1S/C15H13F3N2O.C14H14O/c1-2-4-12(15(16,17)18)8-14(10-21)20-13-6-3-5-11(7-13)9-19;1-11-6-5-9-13(10-11)14(15)12-7-3-2-4-8-12/h3-8,10,20H,2H2,1H3;2-10,14-15H,1H3/b12-4-,14-8-;. The molecule has 0 amide bonds. The number of aliphatic hydroxyl groups excluding tert-OH is 1. The van der Waals surface area contributed by atoms with Gasteiger partial charge < -0.3 is 10.4 Å². The van der Waals surface area contributed by atoms with Crippen molar-refractivity contribution in [2.75, 3.05) is 5.32 Å². The van der Waals surface area contributed by atoms with Crippen LogP contribution in [0.4, 0.5) is 18.9 Å². The minimum Gasteiger partial charge on any atom is -0.384 e. The highest BCUT2D eigenvalue weighted by atomic mass is 19.4. The summed E-state index contributed by atoms with van der Waals surface area (Å²) in [6.45, 7) is 3.60. The molecule has 0 radical (unpaired) electrons. The number of carbonyl (C=O) groups excluding carboxylic acids is 1. The van der Waals surface area contributed by atoms with Gasteiger partial charge >= 0.3 is 6.18 Å². The molecule has 0 saturated heterocycles. The number of nitrogens with one attached hydrogen (secondary N) is 1. The molecule has 0 saturated carbocycles. The Kier molecular flexibility index (Phi) is 10.7. The summed E-state index contributed by atoms with van der Waals surface area (Å²) in [4.78, 5) is 10.9. The van der Waals surface area contributed by atoms with Gasteiger partial charge in [0, 0.05) is 5.69 Å². The normalized spacial score (nSPS) is 12.6. The molecular weight excluding hydrogens is 465 g/mol. The number of nitriles is 1. The number of aliphatic hydroxyl groups is 1. The number of aldehydes is 1. The Morgan fingerprint density at radius 3 is 2.28 bits per heavy atom. The predicted molar refractivity (Wildman–Crippen MR) is 135 cm³/mol. The molecule has 0 spiro atoms. The number of aryl methyl sites for hydroxylation is 1. The van der Waals surface area contributed by atoms with E-state index < -0.39 is 17.9 Å². The first kappa shape index (κ1) is 28.1. The first-order chi connectivity index (χ1) is 17.2. The molecule has 7 heteroatoms. The largest absolute Gasteiger partial charge is 0.416 e. The summed E-state index contributed by atoms with van der Waals surface area (Å²) in [7, 11) is 0. The van der Waals surface area contributed by atoms with E-state index in [-0.39, 0.29) is 12.1 Å². The van der Waals surface area contributed by atoms with Crippen molar-refractivity contribution in [2.24, 2.45) is 0 Å². The number of alkyl halides is 3. The van der Waals surface area contributed by atoms with Crippen molar-refractivity contribution < 1.29 is 23.1 Å². The molecule has 1 unspecified atom stereocenters. The van der Waals surface area contributed by atoms with E-state index in [0.717, 1.165) is 23.3 Å². The maximum absolute atomic E-state index is 12.8. The second kappa shape index (κ2) is 13.7. The fraction of sp³-hybridized carbons (Fsp3) is 0.172. The minimum atomic E-state index is -4.53. The monoisotopic (exact) mass is 492 g/mol.